The molecule has 0 atom stereocenters. The first-order valence-electron chi connectivity index (χ1n) is 16.3. The highest BCUT2D eigenvalue weighted by Gasteiger charge is 2.19. The van der Waals surface area contributed by atoms with Crippen molar-refractivity contribution in [3.63, 3.8) is 0 Å². The Hall–Kier alpha value is -6.72. The van der Waals surface area contributed by atoms with E-state index in [1.807, 2.05) is 66.9 Å². The summed E-state index contributed by atoms with van der Waals surface area (Å²) in [7, 11) is 0. The minimum atomic E-state index is 0.510. The van der Waals surface area contributed by atoms with E-state index < -0.39 is 0 Å². The van der Waals surface area contributed by atoms with Gasteiger partial charge >= 0.3 is 0 Å². The van der Waals surface area contributed by atoms with Crippen LogP contribution in [0.5, 0.6) is 0 Å². The van der Waals surface area contributed by atoms with Crippen molar-refractivity contribution in [2.45, 2.75) is 0 Å². The molecule has 0 saturated carbocycles. The van der Waals surface area contributed by atoms with Crippen LogP contribution in [0.25, 0.3) is 99.7 Å². The third-order valence-electron chi connectivity index (χ3n) is 9.36. The number of furan rings is 1. The number of fused-ring (bicyclic) bond motifs is 8. The van der Waals surface area contributed by atoms with Crippen molar-refractivity contribution in [2.75, 3.05) is 0 Å². The van der Waals surface area contributed by atoms with Gasteiger partial charge in [0.05, 0.1) is 0 Å². The van der Waals surface area contributed by atoms with Gasteiger partial charge in [-0.15, -0.1) is 0 Å². The third kappa shape index (κ3) is 4.55. The average molecular weight is 627 g/mol. The van der Waals surface area contributed by atoms with Gasteiger partial charge in [-0.25, -0.2) is 15.0 Å². The minimum Gasteiger partial charge on any atom is -0.456 e. The van der Waals surface area contributed by atoms with Gasteiger partial charge in [-0.05, 0) is 62.3 Å². The smallest absolute Gasteiger partial charge is 0.182 e. The van der Waals surface area contributed by atoms with Crippen LogP contribution < -0.4 is 0 Å². The predicted octanol–water partition coefficient (Wildman–Crippen LogP) is 11.3. The van der Waals surface area contributed by atoms with Gasteiger partial charge < -0.3 is 4.42 Å². The molecule has 7 aromatic carbocycles. The van der Waals surface area contributed by atoms with E-state index >= 15 is 0 Å². The second-order valence-electron chi connectivity index (χ2n) is 12.3. The Balaban J connectivity index is 1.19. The van der Waals surface area contributed by atoms with E-state index in [9.17, 15) is 0 Å². The Morgan fingerprint density at radius 3 is 1.98 bits per heavy atom. The molecule has 0 spiro atoms. The summed E-state index contributed by atoms with van der Waals surface area (Å²) in [6.07, 6.45) is 1.95. The molecule has 0 fully saturated rings. The minimum absolute atomic E-state index is 0.510. The zero-order chi connectivity index (χ0) is 32.3. The van der Waals surface area contributed by atoms with Gasteiger partial charge in [-0.2, -0.15) is 0 Å². The van der Waals surface area contributed by atoms with Crippen LogP contribution in [0.2, 0.25) is 0 Å². The Labute approximate surface area is 281 Å². The molecule has 0 aliphatic rings. The van der Waals surface area contributed by atoms with Gasteiger partial charge in [0.1, 0.15) is 16.9 Å². The van der Waals surface area contributed by atoms with Crippen LogP contribution in [-0.2, 0) is 0 Å². The lowest BCUT2D eigenvalue weighted by Gasteiger charge is -2.11. The normalized spacial score (nSPS) is 11.7. The first-order valence-corrected chi connectivity index (χ1v) is 16.3. The van der Waals surface area contributed by atoms with Crippen LogP contribution in [0.15, 0.2) is 162 Å². The van der Waals surface area contributed by atoms with E-state index in [0.29, 0.717) is 23.2 Å². The molecular formula is C44H26N4O. The molecule has 0 N–H and O–H groups in total. The highest BCUT2D eigenvalue weighted by molar-refractivity contribution is 6.17. The highest BCUT2D eigenvalue weighted by Crippen LogP contribution is 2.37. The summed E-state index contributed by atoms with van der Waals surface area (Å²) in [5, 5.41) is 9.00. The zero-order valence-corrected chi connectivity index (χ0v) is 26.2. The zero-order valence-electron chi connectivity index (χ0n) is 26.2. The molecule has 0 saturated heterocycles. The van der Waals surface area contributed by atoms with Gasteiger partial charge in [0.2, 0.25) is 0 Å². The van der Waals surface area contributed by atoms with Crippen molar-refractivity contribution < 1.29 is 4.42 Å². The van der Waals surface area contributed by atoms with Crippen LogP contribution in [0.3, 0.4) is 0 Å². The topological polar surface area (TPSA) is 64.7 Å². The summed E-state index contributed by atoms with van der Waals surface area (Å²) >= 11 is 0. The first-order chi connectivity index (χ1) is 24.3. The Bertz CT molecular complexity index is 2890. The third-order valence-corrected chi connectivity index (χ3v) is 9.36. The molecule has 49 heavy (non-hydrogen) atoms. The number of aromatic nitrogens is 4. The summed E-state index contributed by atoms with van der Waals surface area (Å²) in [4.78, 5) is 20.3. The quantitative estimate of drug-likeness (QED) is 0.182. The van der Waals surface area contributed by atoms with E-state index in [-0.39, 0.29) is 0 Å². The molecule has 0 bridgehead atoms. The maximum atomic E-state index is 6.24. The van der Waals surface area contributed by atoms with Crippen molar-refractivity contribution in [3.05, 3.63) is 158 Å². The largest absolute Gasteiger partial charge is 0.456 e. The fraction of sp³-hybridized carbons (Fsp3) is 0. The van der Waals surface area contributed by atoms with E-state index in [0.717, 1.165) is 55.0 Å². The molecule has 5 nitrogen and oxygen atoms in total. The Kier molecular flexibility index (Phi) is 6.11. The summed E-state index contributed by atoms with van der Waals surface area (Å²) in [6, 6.07) is 52.1. The lowest BCUT2D eigenvalue weighted by molar-refractivity contribution is 0.669. The van der Waals surface area contributed by atoms with Crippen molar-refractivity contribution in [2.24, 2.45) is 0 Å². The van der Waals surface area contributed by atoms with E-state index in [4.69, 9.17) is 24.4 Å². The predicted molar refractivity (Wildman–Crippen MR) is 199 cm³/mol. The van der Waals surface area contributed by atoms with Crippen molar-refractivity contribution >= 4 is 54.3 Å². The summed E-state index contributed by atoms with van der Waals surface area (Å²) in [5.74, 6) is 1.65. The highest BCUT2D eigenvalue weighted by atomic mass is 16.3. The number of benzene rings is 7. The van der Waals surface area contributed by atoms with Crippen molar-refractivity contribution in [1.29, 1.82) is 0 Å². The molecule has 10 rings (SSSR count). The maximum absolute atomic E-state index is 6.24. The molecule has 0 aliphatic carbocycles. The van der Waals surface area contributed by atoms with Gasteiger partial charge in [-0.1, -0.05) is 127 Å². The Morgan fingerprint density at radius 2 is 1.06 bits per heavy atom. The number of hydrogen-bond acceptors (Lipinski definition) is 5. The summed E-state index contributed by atoms with van der Waals surface area (Å²) in [5.41, 5.74) is 6.29. The van der Waals surface area contributed by atoms with Crippen molar-refractivity contribution in [1.82, 2.24) is 19.9 Å². The van der Waals surface area contributed by atoms with Gasteiger partial charge in [0.15, 0.2) is 17.5 Å². The standard InChI is InChI=1S/C44H26N4O/c1-2-10-27(11-3-1)29-13-8-14-31(24-29)42-46-43(36-17-9-19-40-41(36)35-16-6-7-18-39(35)49-40)48-44(47-42)38-25-30-21-23-33-32-15-5-4-12-28(32)20-22-34(33)37(30)26-45-38/h1-26H. The van der Waals surface area contributed by atoms with Crippen molar-refractivity contribution in [3.8, 4) is 45.4 Å². The van der Waals surface area contributed by atoms with E-state index in [1.54, 1.807) is 0 Å². The lowest BCUT2D eigenvalue weighted by Crippen LogP contribution is -2.01. The molecule has 0 unspecified atom stereocenters. The molecule has 0 amide bonds. The molecule has 228 valence electrons. The van der Waals surface area contributed by atoms with Crippen LogP contribution in [0.4, 0.5) is 0 Å². The van der Waals surface area contributed by atoms with E-state index in [1.165, 1.54) is 21.5 Å². The number of hydrogen-bond donors (Lipinski definition) is 0. The van der Waals surface area contributed by atoms with Gasteiger partial charge in [0, 0.05) is 33.5 Å². The SMILES string of the molecule is c1ccc(-c2cccc(-c3nc(-c4cc5ccc6c7ccccc7ccc6c5cn4)nc(-c4cccc5oc6ccccc6c45)n3)c2)cc1. The van der Waals surface area contributed by atoms with Gasteiger partial charge in [0.25, 0.3) is 0 Å². The van der Waals surface area contributed by atoms with Crippen LogP contribution >= 0.6 is 0 Å². The number of para-hydroxylation sites is 1. The van der Waals surface area contributed by atoms with Crippen LogP contribution in [0, 0.1) is 0 Å². The first kappa shape index (κ1) is 27.4. The van der Waals surface area contributed by atoms with E-state index in [2.05, 4.69) is 91.0 Å². The second kappa shape index (κ2) is 10.9. The number of rotatable bonds is 4. The Morgan fingerprint density at radius 1 is 0.388 bits per heavy atom. The summed E-state index contributed by atoms with van der Waals surface area (Å²) in [6.45, 7) is 0. The monoisotopic (exact) mass is 626 g/mol. The van der Waals surface area contributed by atoms with Gasteiger partial charge in [-0.3, -0.25) is 4.98 Å². The van der Waals surface area contributed by atoms with Crippen LogP contribution in [0.1, 0.15) is 0 Å². The molecule has 0 radical (unpaired) electrons. The summed E-state index contributed by atoms with van der Waals surface area (Å²) < 4.78 is 6.24. The number of nitrogens with zero attached hydrogens (tertiary/aromatic N) is 4. The van der Waals surface area contributed by atoms with Crippen LogP contribution in [-0.4, -0.2) is 19.9 Å². The molecule has 5 heteroatoms. The molecule has 10 aromatic rings. The fourth-order valence-corrected chi connectivity index (χ4v) is 7.01. The fourth-order valence-electron chi connectivity index (χ4n) is 7.01. The molecule has 3 aromatic heterocycles. The number of pyridine rings is 1. The second-order valence-corrected chi connectivity index (χ2v) is 12.3. The molecule has 0 aliphatic heterocycles. The lowest BCUT2D eigenvalue weighted by atomic mass is 9.98. The molecule has 3 heterocycles. The maximum Gasteiger partial charge on any atom is 0.182 e. The molecular weight excluding hydrogens is 601 g/mol. The average Bonchev–Trinajstić information content (AvgIpc) is 3.57.